The molecular weight excluding hydrogens is 494 g/mol. The number of benzene rings is 1. The fourth-order valence-electron chi connectivity index (χ4n) is 8.18. The van der Waals surface area contributed by atoms with Gasteiger partial charge in [-0.15, -0.1) is 0 Å². The van der Waals surface area contributed by atoms with Gasteiger partial charge in [0.1, 0.15) is 0 Å². The van der Waals surface area contributed by atoms with Crippen molar-refractivity contribution in [2.75, 3.05) is 19.8 Å². The van der Waals surface area contributed by atoms with Gasteiger partial charge in [-0.25, -0.2) is 4.39 Å². The van der Waals surface area contributed by atoms with E-state index in [0.717, 1.165) is 62.6 Å². The van der Waals surface area contributed by atoms with Crippen molar-refractivity contribution in [2.45, 2.75) is 123 Å². The van der Waals surface area contributed by atoms with Gasteiger partial charge in [-0.3, -0.25) is 0 Å². The Bertz CT molecular complexity index is 899. The van der Waals surface area contributed by atoms with Crippen LogP contribution in [0.3, 0.4) is 0 Å². The van der Waals surface area contributed by atoms with Crippen molar-refractivity contribution < 1.29 is 23.0 Å². The van der Waals surface area contributed by atoms with Crippen molar-refractivity contribution in [3.63, 3.8) is 0 Å². The van der Waals surface area contributed by atoms with Crippen LogP contribution >= 0.6 is 0 Å². The van der Waals surface area contributed by atoms with Crippen molar-refractivity contribution >= 4 is 0 Å². The van der Waals surface area contributed by atoms with Crippen LogP contribution in [0.4, 0.5) is 8.78 Å². The Balaban J connectivity index is 0.980. The highest BCUT2D eigenvalue weighted by molar-refractivity contribution is 5.33. The summed E-state index contributed by atoms with van der Waals surface area (Å²) in [5.41, 5.74) is 0.701. The second kappa shape index (κ2) is 13.2. The largest absolute Gasteiger partial charge is 0.491 e. The molecule has 0 atom stereocenters. The summed E-state index contributed by atoms with van der Waals surface area (Å²) < 4.78 is 46.5. The average molecular weight is 547 g/mol. The van der Waals surface area contributed by atoms with Gasteiger partial charge in [-0.2, -0.15) is 4.39 Å². The van der Waals surface area contributed by atoms with Gasteiger partial charge in [-0.05, 0) is 112 Å². The summed E-state index contributed by atoms with van der Waals surface area (Å²) in [4.78, 5) is 0. The number of ether oxygens (including phenoxy) is 3. The maximum atomic E-state index is 14.7. The van der Waals surface area contributed by atoms with E-state index in [4.69, 9.17) is 14.2 Å². The van der Waals surface area contributed by atoms with E-state index >= 15 is 0 Å². The van der Waals surface area contributed by atoms with E-state index in [9.17, 15) is 8.78 Å². The van der Waals surface area contributed by atoms with Crippen LogP contribution in [0.1, 0.15) is 122 Å². The smallest absolute Gasteiger partial charge is 0.200 e. The van der Waals surface area contributed by atoms with E-state index in [2.05, 4.69) is 13.8 Å². The molecule has 4 fully saturated rings. The third-order valence-corrected chi connectivity index (χ3v) is 10.7. The lowest BCUT2D eigenvalue weighted by Crippen LogP contribution is -2.42. The van der Waals surface area contributed by atoms with Crippen LogP contribution in [-0.4, -0.2) is 26.1 Å². The van der Waals surface area contributed by atoms with Crippen LogP contribution in [0.25, 0.3) is 0 Å². The highest BCUT2D eigenvalue weighted by atomic mass is 19.2. The van der Waals surface area contributed by atoms with E-state index < -0.39 is 11.6 Å². The molecule has 220 valence electrons. The maximum absolute atomic E-state index is 14.7. The van der Waals surface area contributed by atoms with Crippen LogP contribution in [0.15, 0.2) is 12.1 Å². The van der Waals surface area contributed by atoms with Gasteiger partial charge in [0.25, 0.3) is 0 Å². The molecule has 0 radical (unpaired) electrons. The summed E-state index contributed by atoms with van der Waals surface area (Å²) in [6, 6.07) is 3.35. The lowest BCUT2D eigenvalue weighted by Gasteiger charge is -2.42. The van der Waals surface area contributed by atoms with Crippen molar-refractivity contribution in [1.29, 1.82) is 0 Å². The fraction of sp³-hybridized carbons (Fsp3) is 0.824. The molecule has 1 saturated heterocycles. The number of rotatable bonds is 8. The molecule has 0 amide bonds. The lowest BCUT2D eigenvalue weighted by molar-refractivity contribution is -0.247. The zero-order valence-electron chi connectivity index (χ0n) is 24.7. The summed E-state index contributed by atoms with van der Waals surface area (Å²) in [6.07, 6.45) is 17.8. The van der Waals surface area contributed by atoms with E-state index in [0.29, 0.717) is 18.1 Å². The topological polar surface area (TPSA) is 27.7 Å². The van der Waals surface area contributed by atoms with Gasteiger partial charge in [0.15, 0.2) is 17.9 Å². The molecule has 1 aromatic carbocycles. The fourth-order valence-corrected chi connectivity index (χ4v) is 8.18. The third-order valence-electron chi connectivity index (χ3n) is 10.7. The highest BCUT2D eigenvalue weighted by Crippen LogP contribution is 2.45. The molecule has 5 rings (SSSR count). The molecule has 4 aliphatic rings. The second-order valence-electron chi connectivity index (χ2n) is 14.1. The predicted octanol–water partition coefficient (Wildman–Crippen LogP) is 9.43. The van der Waals surface area contributed by atoms with Crippen LogP contribution in [-0.2, 0) is 9.47 Å². The molecule has 5 heteroatoms. The second-order valence-corrected chi connectivity index (χ2v) is 14.1. The van der Waals surface area contributed by atoms with Crippen LogP contribution < -0.4 is 4.74 Å². The SMILES string of the molecule is CCOc1ccc(C2CCC(CCC3CCC(C4CCC(C5OCC(C)(C)CO5)CC4)CC3)CC2)c(F)c1F. The minimum Gasteiger partial charge on any atom is -0.491 e. The highest BCUT2D eigenvalue weighted by Gasteiger charge is 2.37. The lowest BCUT2D eigenvalue weighted by atomic mass is 9.68. The molecule has 1 aromatic rings. The van der Waals surface area contributed by atoms with Crippen LogP contribution in [0.5, 0.6) is 5.75 Å². The first-order valence-electron chi connectivity index (χ1n) is 16.2. The zero-order chi connectivity index (χ0) is 27.4. The Hall–Kier alpha value is -1.20. The van der Waals surface area contributed by atoms with E-state index in [1.807, 2.05) is 0 Å². The van der Waals surface area contributed by atoms with Crippen LogP contribution in [0, 0.1) is 46.6 Å². The van der Waals surface area contributed by atoms with E-state index in [1.165, 1.54) is 64.2 Å². The van der Waals surface area contributed by atoms with E-state index in [-0.39, 0.29) is 23.4 Å². The molecule has 0 N–H and O–H groups in total. The van der Waals surface area contributed by atoms with Gasteiger partial charge in [0.05, 0.1) is 19.8 Å². The van der Waals surface area contributed by atoms with E-state index in [1.54, 1.807) is 19.1 Å². The Labute approximate surface area is 235 Å². The van der Waals surface area contributed by atoms with Crippen molar-refractivity contribution in [3.8, 4) is 5.75 Å². The quantitative estimate of drug-likeness (QED) is 0.325. The summed E-state index contributed by atoms with van der Waals surface area (Å²) in [7, 11) is 0. The van der Waals surface area contributed by atoms with Gasteiger partial charge in [-0.1, -0.05) is 45.6 Å². The molecule has 0 spiro atoms. The van der Waals surface area contributed by atoms with Crippen LogP contribution in [0.2, 0.25) is 0 Å². The van der Waals surface area contributed by atoms with Gasteiger partial charge in [0.2, 0.25) is 5.82 Å². The Kier molecular flexibility index (Phi) is 9.91. The van der Waals surface area contributed by atoms with Gasteiger partial charge >= 0.3 is 0 Å². The first kappa shape index (κ1) is 29.3. The summed E-state index contributed by atoms with van der Waals surface area (Å²) in [5, 5.41) is 0. The monoisotopic (exact) mass is 546 g/mol. The van der Waals surface area contributed by atoms with Gasteiger partial charge < -0.3 is 14.2 Å². The normalized spacial score (nSPS) is 34.1. The molecule has 0 aromatic heterocycles. The molecule has 3 nitrogen and oxygen atoms in total. The maximum Gasteiger partial charge on any atom is 0.200 e. The Morgan fingerprint density at radius 1 is 0.718 bits per heavy atom. The number of hydrogen-bond donors (Lipinski definition) is 0. The van der Waals surface area contributed by atoms with Crippen molar-refractivity contribution in [1.82, 2.24) is 0 Å². The summed E-state index contributed by atoms with van der Waals surface area (Å²) in [5.74, 6) is 2.71. The Morgan fingerprint density at radius 3 is 1.79 bits per heavy atom. The Morgan fingerprint density at radius 2 is 1.23 bits per heavy atom. The third kappa shape index (κ3) is 7.36. The molecular formula is C34H52F2O3. The summed E-state index contributed by atoms with van der Waals surface area (Å²) >= 11 is 0. The number of halogens is 2. The molecule has 1 aliphatic heterocycles. The standard InChI is InChI=1S/C34H52F2O3/c1-4-37-30-20-19-29(31(35)32(30)36)27-13-9-24(10-14-27)6-5-23-7-11-25(12-8-23)26-15-17-28(18-16-26)33-38-21-34(2,3)22-39-33/h19-20,23-28,33H,4-18,21-22H2,1-3H3. The molecule has 0 unspecified atom stereocenters. The van der Waals surface area contributed by atoms with Crippen molar-refractivity contribution in [3.05, 3.63) is 29.3 Å². The summed E-state index contributed by atoms with van der Waals surface area (Å²) in [6.45, 7) is 8.21. The molecule has 3 aliphatic carbocycles. The van der Waals surface area contributed by atoms with Crippen molar-refractivity contribution in [2.24, 2.45) is 35.0 Å². The molecule has 3 saturated carbocycles. The van der Waals surface area contributed by atoms with Gasteiger partial charge in [0, 0.05) is 11.3 Å². The predicted molar refractivity (Wildman–Crippen MR) is 152 cm³/mol. The zero-order valence-corrected chi connectivity index (χ0v) is 24.7. The minimum absolute atomic E-state index is 0.0303. The first-order chi connectivity index (χ1) is 18.8. The molecule has 0 bridgehead atoms. The molecule has 39 heavy (non-hydrogen) atoms. The average Bonchev–Trinajstić information content (AvgIpc) is 2.95. The number of hydrogen-bond acceptors (Lipinski definition) is 3. The molecule has 1 heterocycles. The first-order valence-corrected chi connectivity index (χ1v) is 16.2. The minimum atomic E-state index is -0.823.